The number of thioether (sulfide) groups is 2. The van der Waals surface area contributed by atoms with Crippen molar-refractivity contribution in [2.24, 2.45) is 0 Å². The summed E-state index contributed by atoms with van der Waals surface area (Å²) in [6, 6.07) is 28.4. The summed E-state index contributed by atoms with van der Waals surface area (Å²) in [5, 5.41) is 2.94. The molecule has 0 atom stereocenters. The molecule has 3 nitrogen and oxygen atoms in total. The van der Waals surface area contributed by atoms with Crippen molar-refractivity contribution in [3.05, 3.63) is 91.0 Å². The van der Waals surface area contributed by atoms with E-state index in [-0.39, 0.29) is 18.1 Å². The number of ketones is 1. The lowest BCUT2D eigenvalue weighted by Crippen LogP contribution is -2.44. The number of carbonyl (C=O) groups is 2. The summed E-state index contributed by atoms with van der Waals surface area (Å²) in [4.78, 5) is 28.4. The lowest BCUT2D eigenvalue weighted by molar-refractivity contribution is -0.125. The van der Waals surface area contributed by atoms with E-state index in [0.29, 0.717) is 5.69 Å². The van der Waals surface area contributed by atoms with Crippen molar-refractivity contribution in [3.8, 4) is 0 Å². The highest BCUT2D eigenvalue weighted by Crippen LogP contribution is 2.47. The van der Waals surface area contributed by atoms with Crippen molar-refractivity contribution >= 4 is 40.9 Å². The molecule has 0 saturated carbocycles. The normalized spacial score (nSPS) is 11.0. The van der Waals surface area contributed by atoms with Gasteiger partial charge in [0.1, 0.15) is 0 Å². The van der Waals surface area contributed by atoms with Crippen molar-refractivity contribution in [1.29, 1.82) is 0 Å². The summed E-state index contributed by atoms with van der Waals surface area (Å²) >= 11 is 2.58. The van der Waals surface area contributed by atoms with Crippen molar-refractivity contribution in [3.63, 3.8) is 0 Å². The second-order valence-corrected chi connectivity index (χ2v) is 8.88. The van der Waals surface area contributed by atoms with E-state index in [2.05, 4.69) is 5.32 Å². The molecule has 0 aliphatic rings. The molecule has 0 saturated heterocycles. The Kier molecular flexibility index (Phi) is 6.95. The van der Waals surface area contributed by atoms with Crippen LogP contribution in [0.1, 0.15) is 13.3 Å². The molecule has 1 amide bonds. The fraction of sp³-hybridized carbons (Fsp3) is 0.130. The Morgan fingerprint density at radius 3 is 1.61 bits per heavy atom. The summed E-state index contributed by atoms with van der Waals surface area (Å²) in [5.74, 6) is -0.447. The summed E-state index contributed by atoms with van der Waals surface area (Å²) < 4.78 is -1.33. The number of hydrogen-bond donors (Lipinski definition) is 1. The Balaban J connectivity index is 2.02. The van der Waals surface area contributed by atoms with Gasteiger partial charge in [-0.3, -0.25) is 9.59 Å². The number of Topliss-reactive ketones (excluding diaryl/α,β-unsaturated/α-hetero) is 1. The monoisotopic (exact) mass is 407 g/mol. The summed E-state index contributed by atoms with van der Waals surface area (Å²) in [6.45, 7) is 1.80. The Bertz CT molecular complexity index is 874. The third kappa shape index (κ3) is 4.86. The van der Waals surface area contributed by atoms with Gasteiger partial charge in [-0.1, -0.05) is 85.0 Å². The molecule has 3 aromatic rings. The molecule has 0 fully saturated rings. The fourth-order valence-corrected chi connectivity index (χ4v) is 5.43. The number of para-hydroxylation sites is 1. The standard InChI is InChI=1S/C23H21NO2S2/c1-2-21(25)23(27-19-14-8-4-9-15-19,28-20-16-10-5-11-17-20)22(26)24-18-12-6-3-7-13-18/h3-17H,2H2,1H3,(H,24,26). The number of rotatable bonds is 8. The summed E-state index contributed by atoms with van der Waals surface area (Å²) in [5.41, 5.74) is 0.670. The molecule has 28 heavy (non-hydrogen) atoms. The van der Waals surface area contributed by atoms with E-state index in [4.69, 9.17) is 0 Å². The zero-order chi connectivity index (χ0) is 19.8. The molecular weight excluding hydrogens is 386 g/mol. The van der Waals surface area contributed by atoms with E-state index in [1.807, 2.05) is 91.0 Å². The molecule has 0 aliphatic heterocycles. The van der Waals surface area contributed by atoms with E-state index in [1.54, 1.807) is 6.92 Å². The minimum Gasteiger partial charge on any atom is -0.324 e. The van der Waals surface area contributed by atoms with E-state index < -0.39 is 4.08 Å². The van der Waals surface area contributed by atoms with Crippen LogP contribution in [0.2, 0.25) is 0 Å². The van der Waals surface area contributed by atoms with E-state index >= 15 is 0 Å². The van der Waals surface area contributed by atoms with Crippen LogP contribution in [0.3, 0.4) is 0 Å². The van der Waals surface area contributed by atoms with Crippen LogP contribution in [-0.2, 0) is 9.59 Å². The predicted molar refractivity (Wildman–Crippen MR) is 118 cm³/mol. The minimum atomic E-state index is -1.33. The molecule has 0 spiro atoms. The van der Waals surface area contributed by atoms with Gasteiger partial charge in [0.15, 0.2) is 5.78 Å². The first-order valence-electron chi connectivity index (χ1n) is 9.02. The highest BCUT2D eigenvalue weighted by Gasteiger charge is 2.47. The lowest BCUT2D eigenvalue weighted by atomic mass is 10.2. The molecule has 0 aliphatic carbocycles. The van der Waals surface area contributed by atoms with Gasteiger partial charge >= 0.3 is 0 Å². The first-order chi connectivity index (χ1) is 13.6. The first-order valence-corrected chi connectivity index (χ1v) is 10.7. The van der Waals surface area contributed by atoms with Crippen molar-refractivity contribution in [2.75, 3.05) is 5.32 Å². The molecule has 1 N–H and O–H groups in total. The number of benzene rings is 3. The second-order valence-electron chi connectivity index (χ2n) is 6.04. The van der Waals surface area contributed by atoms with Crippen molar-refractivity contribution < 1.29 is 9.59 Å². The van der Waals surface area contributed by atoms with Crippen LogP contribution >= 0.6 is 23.5 Å². The maximum atomic E-state index is 13.5. The Morgan fingerprint density at radius 1 is 0.750 bits per heavy atom. The smallest absolute Gasteiger partial charge is 0.259 e. The zero-order valence-electron chi connectivity index (χ0n) is 15.5. The number of anilines is 1. The number of nitrogens with one attached hydrogen (secondary N) is 1. The molecule has 0 unspecified atom stereocenters. The number of carbonyl (C=O) groups excluding carboxylic acids is 2. The average Bonchev–Trinajstić information content (AvgIpc) is 2.74. The van der Waals surface area contributed by atoms with Gasteiger partial charge in [-0.2, -0.15) is 0 Å². The average molecular weight is 408 g/mol. The van der Waals surface area contributed by atoms with Crippen LogP contribution in [0, 0.1) is 0 Å². The molecule has 0 heterocycles. The number of amides is 1. The molecule has 142 valence electrons. The van der Waals surface area contributed by atoms with Gasteiger partial charge < -0.3 is 5.32 Å². The van der Waals surface area contributed by atoms with Crippen molar-refractivity contribution in [1.82, 2.24) is 0 Å². The van der Waals surface area contributed by atoms with Gasteiger partial charge in [-0.25, -0.2) is 0 Å². The topological polar surface area (TPSA) is 46.2 Å². The fourth-order valence-electron chi connectivity index (χ4n) is 2.63. The van der Waals surface area contributed by atoms with E-state index in [0.717, 1.165) is 9.79 Å². The lowest BCUT2D eigenvalue weighted by Gasteiger charge is -2.30. The third-order valence-corrected chi connectivity index (χ3v) is 6.95. The Morgan fingerprint density at radius 2 is 1.18 bits per heavy atom. The van der Waals surface area contributed by atoms with Gasteiger partial charge in [0.05, 0.1) is 0 Å². The van der Waals surface area contributed by atoms with Crippen molar-refractivity contribution in [2.45, 2.75) is 27.2 Å². The SMILES string of the molecule is CCC(=O)C(Sc1ccccc1)(Sc1ccccc1)C(=O)Nc1ccccc1. The van der Waals surface area contributed by atoms with Crippen LogP contribution in [0.25, 0.3) is 0 Å². The van der Waals surface area contributed by atoms with Crippen LogP contribution in [0.15, 0.2) is 101 Å². The Labute approximate surface area is 173 Å². The zero-order valence-corrected chi connectivity index (χ0v) is 17.1. The summed E-state index contributed by atoms with van der Waals surface area (Å²) in [7, 11) is 0. The van der Waals surface area contributed by atoms with Crippen LogP contribution < -0.4 is 5.32 Å². The predicted octanol–water partition coefficient (Wildman–Crippen LogP) is 5.89. The first kappa shape index (κ1) is 20.2. The quantitative estimate of drug-likeness (QED) is 0.287. The highest BCUT2D eigenvalue weighted by atomic mass is 32.2. The summed E-state index contributed by atoms with van der Waals surface area (Å²) in [6.07, 6.45) is 0.266. The van der Waals surface area contributed by atoms with E-state index in [9.17, 15) is 9.59 Å². The second kappa shape index (κ2) is 9.62. The van der Waals surface area contributed by atoms with E-state index in [1.165, 1.54) is 23.5 Å². The largest absolute Gasteiger partial charge is 0.324 e. The molecule has 5 heteroatoms. The molecular formula is C23H21NO2S2. The maximum absolute atomic E-state index is 13.5. The number of hydrogen-bond acceptors (Lipinski definition) is 4. The molecule has 0 radical (unpaired) electrons. The van der Waals surface area contributed by atoms with Gasteiger partial charge in [-0.15, -0.1) is 0 Å². The Hall–Kier alpha value is -2.50. The highest BCUT2D eigenvalue weighted by molar-refractivity contribution is 8.20. The van der Waals surface area contributed by atoms with Gasteiger partial charge in [0, 0.05) is 21.9 Å². The van der Waals surface area contributed by atoms with Crippen LogP contribution in [0.5, 0.6) is 0 Å². The molecule has 3 aromatic carbocycles. The molecule has 0 aromatic heterocycles. The van der Waals surface area contributed by atoms with Gasteiger partial charge in [0.2, 0.25) is 4.08 Å². The molecule has 0 bridgehead atoms. The molecule has 3 rings (SSSR count). The van der Waals surface area contributed by atoms with Crippen LogP contribution in [-0.4, -0.2) is 15.8 Å². The minimum absolute atomic E-state index is 0.122. The van der Waals surface area contributed by atoms with Gasteiger partial charge in [0.25, 0.3) is 5.91 Å². The maximum Gasteiger partial charge on any atom is 0.259 e. The van der Waals surface area contributed by atoms with Gasteiger partial charge in [-0.05, 0) is 36.4 Å². The third-order valence-electron chi connectivity index (χ3n) is 4.03. The van der Waals surface area contributed by atoms with Crippen LogP contribution in [0.4, 0.5) is 5.69 Å².